The molecule has 1 rings (SSSR count). The molecule has 0 bridgehead atoms. The fraction of sp³-hybridized carbons (Fsp3) is 0.417. The Bertz CT molecular complexity index is 460. The molecule has 0 spiro atoms. The lowest BCUT2D eigenvalue weighted by Gasteiger charge is -2.10. The zero-order valence-corrected chi connectivity index (χ0v) is 10.5. The summed E-state index contributed by atoms with van der Waals surface area (Å²) in [5.41, 5.74) is 5.67. The van der Waals surface area contributed by atoms with E-state index in [-0.39, 0.29) is 17.3 Å². The maximum atomic E-state index is 11.8. The van der Waals surface area contributed by atoms with Crippen LogP contribution < -0.4 is 11.1 Å². The predicted molar refractivity (Wildman–Crippen MR) is 69.3 cm³/mol. The second-order valence-corrected chi connectivity index (χ2v) is 4.25. The molecule has 3 N–H and O–H groups in total. The molecule has 0 aliphatic heterocycles. The summed E-state index contributed by atoms with van der Waals surface area (Å²) >= 11 is 0. The lowest BCUT2D eigenvalue weighted by atomic mass is 10.1. The Morgan fingerprint density at radius 3 is 2.72 bits per heavy atom. The highest BCUT2D eigenvalue weighted by Crippen LogP contribution is 2.21. The van der Waals surface area contributed by atoms with Gasteiger partial charge >= 0.3 is 0 Å². The van der Waals surface area contributed by atoms with Crippen molar-refractivity contribution in [2.75, 3.05) is 12.3 Å². The van der Waals surface area contributed by atoms with Gasteiger partial charge in [-0.15, -0.1) is 0 Å². The first-order valence-electron chi connectivity index (χ1n) is 5.77. The summed E-state index contributed by atoms with van der Waals surface area (Å²) in [6.45, 7) is 4.65. The molecule has 0 heterocycles. The van der Waals surface area contributed by atoms with Crippen molar-refractivity contribution in [2.45, 2.75) is 20.3 Å². The molecule has 0 saturated heterocycles. The van der Waals surface area contributed by atoms with Crippen molar-refractivity contribution in [1.29, 1.82) is 0 Å². The van der Waals surface area contributed by atoms with E-state index in [9.17, 15) is 14.9 Å². The summed E-state index contributed by atoms with van der Waals surface area (Å²) in [6.07, 6.45) is 0.975. The average Bonchev–Trinajstić information content (AvgIpc) is 2.34. The molecule has 0 radical (unpaired) electrons. The van der Waals surface area contributed by atoms with E-state index in [4.69, 9.17) is 5.73 Å². The van der Waals surface area contributed by atoms with Crippen LogP contribution in [0.3, 0.4) is 0 Å². The molecule has 0 aromatic heterocycles. The Kier molecular flexibility index (Phi) is 4.65. The molecule has 1 unspecified atom stereocenters. The zero-order chi connectivity index (χ0) is 13.7. The van der Waals surface area contributed by atoms with Crippen molar-refractivity contribution in [3.05, 3.63) is 33.9 Å². The Morgan fingerprint density at radius 2 is 2.22 bits per heavy atom. The topological polar surface area (TPSA) is 98.3 Å². The number of rotatable bonds is 5. The number of nitro benzene ring substituents is 1. The minimum atomic E-state index is -0.573. The summed E-state index contributed by atoms with van der Waals surface area (Å²) in [4.78, 5) is 21.8. The van der Waals surface area contributed by atoms with Crippen LogP contribution in [0.4, 0.5) is 11.4 Å². The SMILES string of the molecule is CCC(C)CNC(=O)c1ccc([N+](=O)[O-])c(N)c1. The average molecular weight is 251 g/mol. The van der Waals surface area contributed by atoms with Crippen LogP contribution in [0, 0.1) is 16.0 Å². The number of carbonyl (C=O) groups is 1. The highest BCUT2D eigenvalue weighted by atomic mass is 16.6. The van der Waals surface area contributed by atoms with Crippen LogP contribution in [0.5, 0.6) is 0 Å². The molecular formula is C12H17N3O3. The molecule has 18 heavy (non-hydrogen) atoms. The van der Waals surface area contributed by atoms with E-state index in [1.54, 1.807) is 0 Å². The van der Waals surface area contributed by atoms with Crippen LogP contribution in [-0.4, -0.2) is 17.4 Å². The molecular weight excluding hydrogens is 234 g/mol. The van der Waals surface area contributed by atoms with Crippen molar-refractivity contribution < 1.29 is 9.72 Å². The molecule has 1 atom stereocenters. The summed E-state index contributed by atoms with van der Waals surface area (Å²) < 4.78 is 0. The Hall–Kier alpha value is -2.11. The van der Waals surface area contributed by atoms with Gasteiger partial charge in [0.1, 0.15) is 5.69 Å². The number of nitrogens with two attached hydrogens (primary N) is 1. The number of benzene rings is 1. The van der Waals surface area contributed by atoms with E-state index in [0.29, 0.717) is 18.0 Å². The van der Waals surface area contributed by atoms with Crippen LogP contribution in [0.1, 0.15) is 30.6 Å². The van der Waals surface area contributed by atoms with Gasteiger partial charge in [-0.05, 0) is 18.1 Å². The molecule has 0 saturated carbocycles. The van der Waals surface area contributed by atoms with Crippen molar-refractivity contribution in [1.82, 2.24) is 5.32 Å². The minimum absolute atomic E-state index is 0.00353. The number of hydrogen-bond acceptors (Lipinski definition) is 4. The number of amides is 1. The number of nitrogen functional groups attached to an aromatic ring is 1. The van der Waals surface area contributed by atoms with Crippen LogP contribution in [0.15, 0.2) is 18.2 Å². The predicted octanol–water partition coefficient (Wildman–Crippen LogP) is 1.95. The first-order chi connectivity index (χ1) is 8.45. The minimum Gasteiger partial charge on any atom is -0.393 e. The van der Waals surface area contributed by atoms with Gasteiger partial charge in [-0.3, -0.25) is 14.9 Å². The van der Waals surface area contributed by atoms with Crippen LogP contribution >= 0.6 is 0 Å². The number of nitrogens with zero attached hydrogens (tertiary/aromatic N) is 1. The Morgan fingerprint density at radius 1 is 1.56 bits per heavy atom. The maximum Gasteiger partial charge on any atom is 0.292 e. The third-order valence-corrected chi connectivity index (χ3v) is 2.79. The quantitative estimate of drug-likeness (QED) is 0.474. The van der Waals surface area contributed by atoms with Gasteiger partial charge in [0.05, 0.1) is 4.92 Å². The number of anilines is 1. The fourth-order valence-corrected chi connectivity index (χ4v) is 1.38. The molecule has 1 amide bonds. The second-order valence-electron chi connectivity index (χ2n) is 4.25. The number of hydrogen-bond donors (Lipinski definition) is 2. The van der Waals surface area contributed by atoms with Gasteiger partial charge in [-0.1, -0.05) is 20.3 Å². The van der Waals surface area contributed by atoms with E-state index in [1.165, 1.54) is 18.2 Å². The van der Waals surface area contributed by atoms with Crippen LogP contribution in [-0.2, 0) is 0 Å². The molecule has 0 fully saturated rings. The van der Waals surface area contributed by atoms with E-state index < -0.39 is 4.92 Å². The third kappa shape index (κ3) is 3.44. The van der Waals surface area contributed by atoms with Crippen molar-refractivity contribution in [2.24, 2.45) is 5.92 Å². The second kappa shape index (κ2) is 6.00. The van der Waals surface area contributed by atoms with E-state index in [1.807, 2.05) is 13.8 Å². The van der Waals surface area contributed by atoms with E-state index in [2.05, 4.69) is 5.32 Å². The highest BCUT2D eigenvalue weighted by Gasteiger charge is 2.14. The zero-order valence-electron chi connectivity index (χ0n) is 10.5. The summed E-state index contributed by atoms with van der Waals surface area (Å²) in [6, 6.07) is 3.97. The maximum absolute atomic E-state index is 11.8. The molecule has 1 aromatic carbocycles. The van der Waals surface area contributed by atoms with Crippen LogP contribution in [0.25, 0.3) is 0 Å². The molecule has 0 aliphatic carbocycles. The van der Waals surface area contributed by atoms with E-state index in [0.717, 1.165) is 6.42 Å². The monoisotopic (exact) mass is 251 g/mol. The lowest BCUT2D eigenvalue weighted by Crippen LogP contribution is -2.28. The largest absolute Gasteiger partial charge is 0.393 e. The van der Waals surface area contributed by atoms with Gasteiger partial charge in [0.2, 0.25) is 0 Å². The van der Waals surface area contributed by atoms with Gasteiger partial charge in [-0.2, -0.15) is 0 Å². The number of nitrogens with one attached hydrogen (secondary N) is 1. The molecule has 0 aliphatic rings. The van der Waals surface area contributed by atoms with Gasteiger partial charge in [0, 0.05) is 18.2 Å². The first-order valence-corrected chi connectivity index (χ1v) is 5.77. The van der Waals surface area contributed by atoms with Gasteiger partial charge in [0.25, 0.3) is 11.6 Å². The van der Waals surface area contributed by atoms with Gasteiger partial charge in [0.15, 0.2) is 0 Å². The molecule has 1 aromatic rings. The summed E-state index contributed by atoms with van der Waals surface area (Å²) in [7, 11) is 0. The Balaban J connectivity index is 2.76. The molecule has 98 valence electrons. The first kappa shape index (κ1) is 14.0. The summed E-state index contributed by atoms with van der Waals surface area (Å²) in [5, 5.41) is 13.3. The number of nitro groups is 1. The van der Waals surface area contributed by atoms with Gasteiger partial charge < -0.3 is 11.1 Å². The van der Waals surface area contributed by atoms with Crippen molar-refractivity contribution in [3.63, 3.8) is 0 Å². The standard InChI is InChI=1S/C12H17N3O3/c1-3-8(2)7-14-12(16)9-4-5-11(15(17)18)10(13)6-9/h4-6,8H,3,7,13H2,1-2H3,(H,14,16). The van der Waals surface area contributed by atoms with Crippen molar-refractivity contribution >= 4 is 17.3 Å². The normalized spacial score (nSPS) is 11.9. The molecule has 6 nitrogen and oxygen atoms in total. The van der Waals surface area contributed by atoms with Crippen molar-refractivity contribution in [3.8, 4) is 0 Å². The van der Waals surface area contributed by atoms with Gasteiger partial charge in [-0.25, -0.2) is 0 Å². The van der Waals surface area contributed by atoms with E-state index >= 15 is 0 Å². The third-order valence-electron chi connectivity index (χ3n) is 2.79. The highest BCUT2D eigenvalue weighted by molar-refractivity contribution is 5.95. The Labute approximate surface area is 105 Å². The number of carbonyl (C=O) groups excluding carboxylic acids is 1. The smallest absolute Gasteiger partial charge is 0.292 e. The lowest BCUT2D eigenvalue weighted by molar-refractivity contribution is -0.383. The fourth-order valence-electron chi connectivity index (χ4n) is 1.38. The summed E-state index contributed by atoms with van der Waals surface area (Å²) in [5.74, 6) is 0.126. The van der Waals surface area contributed by atoms with Crippen LogP contribution in [0.2, 0.25) is 0 Å². The molecule has 6 heteroatoms.